The van der Waals surface area contributed by atoms with Crippen molar-refractivity contribution in [3.8, 4) is 5.75 Å². The molecule has 0 atom stereocenters. The summed E-state index contributed by atoms with van der Waals surface area (Å²) in [5.74, 6) is -0.0202. The number of anilines is 1. The quantitative estimate of drug-likeness (QED) is 0.216. The Morgan fingerprint density at radius 3 is 1.86 bits per heavy atom. The van der Waals surface area contributed by atoms with Gasteiger partial charge in [0.25, 0.3) is 10.4 Å². The Labute approximate surface area is 193 Å². The van der Waals surface area contributed by atoms with Crippen LogP contribution in [-0.2, 0) is 10.4 Å². The Bertz CT molecular complexity index is 1080. The van der Waals surface area contributed by atoms with Crippen LogP contribution in [0.1, 0.15) is 30.0 Å². The predicted octanol–water partition coefficient (Wildman–Crippen LogP) is 1.48. The van der Waals surface area contributed by atoms with E-state index in [1.807, 2.05) is 42.5 Å². The molecule has 0 bridgehead atoms. The molecular formula is C22H20NNaO4S. The molecule has 144 valence electrons. The Kier molecular flexibility index (Phi) is 8.07. The first-order chi connectivity index (χ1) is 13.4. The number of hydrogen-bond acceptors (Lipinski definition) is 5. The molecule has 7 heteroatoms. The van der Waals surface area contributed by atoms with Crippen molar-refractivity contribution in [1.82, 2.24) is 0 Å². The summed E-state index contributed by atoms with van der Waals surface area (Å²) >= 11 is 0. The fourth-order valence-electron chi connectivity index (χ4n) is 3.12. The molecule has 0 aromatic heterocycles. The summed E-state index contributed by atoms with van der Waals surface area (Å²) in [6.07, 6.45) is 0.789. The molecule has 3 aromatic carbocycles. The molecule has 0 aliphatic heterocycles. The van der Waals surface area contributed by atoms with E-state index in [0.717, 1.165) is 34.3 Å². The Hall–Kier alpha value is -2.09. The number of nitrogens with two attached hydrogens (primary N) is 1. The van der Waals surface area contributed by atoms with Gasteiger partial charge in [0, 0.05) is 5.69 Å². The molecule has 0 unspecified atom stereocenters. The molecule has 0 heterocycles. The Morgan fingerprint density at radius 2 is 1.38 bits per heavy atom. The summed E-state index contributed by atoms with van der Waals surface area (Å²) in [7, 11) is -4.81. The van der Waals surface area contributed by atoms with Crippen molar-refractivity contribution >= 4 is 27.2 Å². The van der Waals surface area contributed by atoms with Gasteiger partial charge in [0.15, 0.2) is 0 Å². The first-order valence-electron chi connectivity index (χ1n) is 8.77. The second-order valence-corrected chi connectivity index (χ2v) is 7.19. The minimum absolute atomic E-state index is 0. The minimum atomic E-state index is -4.81. The third-order valence-electron chi connectivity index (χ3n) is 4.32. The number of benzene rings is 3. The van der Waals surface area contributed by atoms with Crippen LogP contribution in [0.15, 0.2) is 78.9 Å². The first kappa shape index (κ1) is 23.2. The van der Waals surface area contributed by atoms with E-state index in [-0.39, 0.29) is 35.3 Å². The van der Waals surface area contributed by atoms with E-state index in [4.69, 9.17) is 5.73 Å². The third-order valence-corrected chi connectivity index (χ3v) is 4.71. The van der Waals surface area contributed by atoms with Crippen molar-refractivity contribution in [2.24, 2.45) is 0 Å². The van der Waals surface area contributed by atoms with Crippen molar-refractivity contribution in [2.45, 2.75) is 13.3 Å². The van der Waals surface area contributed by atoms with Crippen LogP contribution >= 0.6 is 0 Å². The number of rotatable bonds is 6. The first-order valence-corrected chi connectivity index (χ1v) is 10.1. The van der Waals surface area contributed by atoms with Gasteiger partial charge in [-0.3, -0.25) is 0 Å². The van der Waals surface area contributed by atoms with Crippen LogP contribution in [0, 0.1) is 0 Å². The van der Waals surface area contributed by atoms with Gasteiger partial charge < -0.3 is 14.5 Å². The predicted molar refractivity (Wildman–Crippen MR) is 110 cm³/mol. The summed E-state index contributed by atoms with van der Waals surface area (Å²) in [6.45, 7) is 2.08. The van der Waals surface area contributed by atoms with Gasteiger partial charge >= 0.3 is 29.6 Å². The molecule has 0 fully saturated rings. The molecule has 0 radical (unpaired) electrons. The van der Waals surface area contributed by atoms with Gasteiger partial charge in [-0.15, -0.1) is 0 Å². The van der Waals surface area contributed by atoms with E-state index in [2.05, 4.69) is 23.2 Å². The number of hydrogen-bond donors (Lipinski definition) is 1. The zero-order chi connectivity index (χ0) is 20.1. The average Bonchev–Trinajstić information content (AvgIpc) is 2.67. The maximum Gasteiger partial charge on any atom is 1.00 e. The van der Waals surface area contributed by atoms with Crippen LogP contribution in [0.5, 0.6) is 5.75 Å². The van der Waals surface area contributed by atoms with E-state index in [0.29, 0.717) is 5.69 Å². The molecular weight excluding hydrogens is 397 g/mol. The zero-order valence-corrected chi connectivity index (χ0v) is 19.1. The minimum Gasteiger partial charge on any atom is -0.716 e. The van der Waals surface area contributed by atoms with Crippen molar-refractivity contribution < 1.29 is 46.7 Å². The van der Waals surface area contributed by atoms with E-state index in [1.165, 1.54) is 12.1 Å². The van der Waals surface area contributed by atoms with Gasteiger partial charge in [-0.25, -0.2) is 8.42 Å². The molecule has 0 saturated heterocycles. The fourth-order valence-corrected chi connectivity index (χ4v) is 3.47. The van der Waals surface area contributed by atoms with E-state index >= 15 is 0 Å². The monoisotopic (exact) mass is 417 g/mol. The van der Waals surface area contributed by atoms with Crippen molar-refractivity contribution in [3.05, 3.63) is 95.6 Å². The molecule has 2 N–H and O–H groups in total. The van der Waals surface area contributed by atoms with Crippen LogP contribution < -0.4 is 39.5 Å². The van der Waals surface area contributed by atoms with Gasteiger partial charge in [0.1, 0.15) is 5.75 Å². The van der Waals surface area contributed by atoms with E-state index in [9.17, 15) is 13.0 Å². The third kappa shape index (κ3) is 6.19. The zero-order valence-electron chi connectivity index (χ0n) is 16.3. The molecule has 5 nitrogen and oxygen atoms in total. The largest absolute Gasteiger partial charge is 1.00 e. The normalized spacial score (nSPS) is 11.9. The van der Waals surface area contributed by atoms with E-state index < -0.39 is 10.4 Å². The fraction of sp³-hybridized carbons (Fsp3) is 0.0909. The van der Waals surface area contributed by atoms with Crippen molar-refractivity contribution in [1.29, 1.82) is 0 Å². The summed E-state index contributed by atoms with van der Waals surface area (Å²) in [4.78, 5) is 0. The van der Waals surface area contributed by atoms with Crippen LogP contribution in [0.4, 0.5) is 5.69 Å². The Balaban J connectivity index is 0.00000300. The Morgan fingerprint density at radius 1 is 0.862 bits per heavy atom. The van der Waals surface area contributed by atoms with Crippen molar-refractivity contribution in [2.75, 3.05) is 5.73 Å². The molecule has 29 heavy (non-hydrogen) atoms. The molecule has 3 rings (SSSR count). The van der Waals surface area contributed by atoms with Gasteiger partial charge in [0.05, 0.1) is 0 Å². The summed E-state index contributed by atoms with van der Waals surface area (Å²) in [5.41, 5.74) is 11.6. The van der Waals surface area contributed by atoms with E-state index in [1.54, 1.807) is 12.1 Å². The molecule has 0 saturated carbocycles. The van der Waals surface area contributed by atoms with Gasteiger partial charge in [-0.2, -0.15) is 0 Å². The van der Waals surface area contributed by atoms with Crippen LogP contribution in [0.3, 0.4) is 0 Å². The summed E-state index contributed by atoms with van der Waals surface area (Å²) < 4.78 is 36.9. The van der Waals surface area contributed by atoms with Gasteiger partial charge in [-0.05, 0) is 58.5 Å². The second kappa shape index (κ2) is 10.1. The average molecular weight is 417 g/mol. The molecule has 0 amide bonds. The summed E-state index contributed by atoms with van der Waals surface area (Å²) in [6, 6.07) is 24.1. The number of nitrogen functional groups attached to an aromatic ring is 1. The smallest absolute Gasteiger partial charge is 0.716 e. The number of allylic oxidation sites excluding steroid dienone is 1. The second-order valence-electron chi connectivity index (χ2n) is 6.21. The van der Waals surface area contributed by atoms with Crippen molar-refractivity contribution in [3.63, 3.8) is 0 Å². The maximum atomic E-state index is 10.8. The molecule has 0 aliphatic carbocycles. The molecule has 3 aromatic rings. The van der Waals surface area contributed by atoms with Gasteiger partial charge in [-0.1, -0.05) is 61.5 Å². The standard InChI is InChI=1S/C22H21NO4S.Na/c1-2-21(16-6-4-3-5-7-16)22(17-8-12-19(23)13-9-17)18-10-14-20(15-11-18)27-28(24,25)26;/h3-15H,2,23H2,1H3,(H,24,25,26);/q;+1/p-1/b22-21-;. The molecule has 0 spiro atoms. The molecule has 0 aliphatic rings. The summed E-state index contributed by atoms with van der Waals surface area (Å²) in [5, 5.41) is 0. The van der Waals surface area contributed by atoms with Crippen LogP contribution in [0.25, 0.3) is 11.1 Å². The van der Waals surface area contributed by atoms with Crippen LogP contribution in [0.2, 0.25) is 0 Å². The van der Waals surface area contributed by atoms with Gasteiger partial charge in [0.2, 0.25) is 0 Å². The SMILES string of the molecule is CC/C(=C(\c1ccc(N)cc1)c1ccc(OS(=O)(=O)[O-])cc1)c1ccccc1.[Na+]. The maximum absolute atomic E-state index is 10.8. The van der Waals surface area contributed by atoms with Crippen LogP contribution in [-0.4, -0.2) is 13.0 Å². The topological polar surface area (TPSA) is 92.5 Å².